The lowest BCUT2D eigenvalue weighted by atomic mass is 9.91. The Kier molecular flexibility index (Phi) is 4.42. The Morgan fingerprint density at radius 1 is 1.14 bits per heavy atom. The predicted octanol–water partition coefficient (Wildman–Crippen LogP) is 4.18. The second-order valence-electron chi connectivity index (χ2n) is 7.75. The molecule has 1 fully saturated rings. The van der Waals surface area contributed by atoms with Crippen LogP contribution in [0.15, 0.2) is 59.7 Å². The van der Waals surface area contributed by atoms with Gasteiger partial charge >= 0.3 is 6.09 Å². The Morgan fingerprint density at radius 3 is 2.62 bits per heavy atom. The highest BCUT2D eigenvalue weighted by atomic mass is 16.6. The first-order valence-corrected chi connectivity index (χ1v) is 10.3. The smallest absolute Gasteiger partial charge is 0.409 e. The first-order chi connectivity index (χ1) is 14.2. The van der Waals surface area contributed by atoms with Gasteiger partial charge in [0.1, 0.15) is 5.75 Å². The molecular formula is C23H25N3O3. The summed E-state index contributed by atoms with van der Waals surface area (Å²) in [7, 11) is 0. The number of amides is 1. The Labute approximate surface area is 170 Å². The molecule has 1 saturated heterocycles. The molecule has 1 amide bonds. The topological polar surface area (TPSA) is 54.4 Å². The van der Waals surface area contributed by atoms with E-state index in [0.717, 1.165) is 23.4 Å². The summed E-state index contributed by atoms with van der Waals surface area (Å²) in [6.07, 6.45) is 2.00. The fraction of sp³-hybridized carbons (Fsp3) is 0.391. The van der Waals surface area contributed by atoms with E-state index in [2.05, 4.69) is 29.3 Å². The number of hydrazone groups is 1. The molecule has 0 N–H and O–H groups in total. The number of nitrogens with zero attached hydrogens (tertiary/aromatic N) is 3. The Balaban J connectivity index is 1.48. The molecule has 2 aromatic rings. The van der Waals surface area contributed by atoms with E-state index in [1.54, 1.807) is 4.90 Å². The maximum Gasteiger partial charge on any atom is 0.409 e. The van der Waals surface area contributed by atoms with E-state index in [4.69, 9.17) is 14.6 Å². The second-order valence-corrected chi connectivity index (χ2v) is 7.75. The van der Waals surface area contributed by atoms with Gasteiger partial charge in [0, 0.05) is 37.9 Å². The average Bonchev–Trinajstić information content (AvgIpc) is 3.22. The molecule has 5 rings (SSSR count). The number of carbonyl (C=O) groups excluding carboxylic acids is 1. The van der Waals surface area contributed by atoms with Crippen LogP contribution >= 0.6 is 0 Å². The van der Waals surface area contributed by atoms with Crippen LogP contribution in [0.5, 0.6) is 5.75 Å². The summed E-state index contributed by atoms with van der Waals surface area (Å²) in [5.41, 5.74) is 2.89. The highest BCUT2D eigenvalue weighted by Crippen LogP contribution is 2.49. The molecule has 0 saturated carbocycles. The molecule has 0 aromatic heterocycles. The van der Waals surface area contributed by atoms with Crippen LogP contribution in [0.25, 0.3) is 0 Å². The van der Waals surface area contributed by atoms with Crippen molar-refractivity contribution in [3.63, 3.8) is 0 Å². The van der Waals surface area contributed by atoms with Crippen LogP contribution in [-0.4, -0.2) is 47.1 Å². The molecule has 6 nitrogen and oxygen atoms in total. The number of para-hydroxylation sites is 1. The standard InChI is InChI=1S/C23H25N3O3/c1-2-28-22(27)25-14-12-23(13-15-25)26-20(18-10-6-7-11-21(18)29-23)16-19(24-26)17-8-4-3-5-9-17/h3-11,20H,2,12-16H2,1H3/t20-/m0/s1. The molecule has 3 aliphatic heterocycles. The fourth-order valence-electron chi connectivity index (χ4n) is 4.62. The summed E-state index contributed by atoms with van der Waals surface area (Å²) < 4.78 is 11.8. The molecule has 3 heterocycles. The third-order valence-electron chi connectivity index (χ3n) is 6.08. The van der Waals surface area contributed by atoms with Crippen molar-refractivity contribution < 1.29 is 14.3 Å². The number of benzene rings is 2. The van der Waals surface area contributed by atoms with Gasteiger partial charge in [-0.25, -0.2) is 9.80 Å². The van der Waals surface area contributed by atoms with Crippen LogP contribution in [0.1, 0.15) is 43.4 Å². The lowest BCUT2D eigenvalue weighted by Gasteiger charge is -2.50. The monoisotopic (exact) mass is 391 g/mol. The maximum atomic E-state index is 12.2. The van der Waals surface area contributed by atoms with Crippen molar-refractivity contribution >= 4 is 11.8 Å². The van der Waals surface area contributed by atoms with Crippen LogP contribution in [0.2, 0.25) is 0 Å². The van der Waals surface area contributed by atoms with E-state index >= 15 is 0 Å². The van der Waals surface area contributed by atoms with E-state index in [-0.39, 0.29) is 12.1 Å². The van der Waals surface area contributed by atoms with E-state index < -0.39 is 5.72 Å². The number of rotatable bonds is 2. The minimum absolute atomic E-state index is 0.157. The molecule has 0 radical (unpaired) electrons. The van der Waals surface area contributed by atoms with Crippen LogP contribution in [-0.2, 0) is 4.74 Å². The number of likely N-dealkylation sites (tertiary alicyclic amines) is 1. The summed E-state index contributed by atoms with van der Waals surface area (Å²) in [6, 6.07) is 18.8. The quantitative estimate of drug-likeness (QED) is 0.771. The van der Waals surface area contributed by atoms with Gasteiger partial charge in [-0.3, -0.25) is 0 Å². The van der Waals surface area contributed by atoms with Crippen molar-refractivity contribution in [2.24, 2.45) is 5.10 Å². The fourth-order valence-corrected chi connectivity index (χ4v) is 4.62. The Hall–Kier alpha value is -3.02. The molecule has 1 atom stereocenters. The zero-order valence-electron chi connectivity index (χ0n) is 16.6. The maximum absolute atomic E-state index is 12.2. The van der Waals surface area contributed by atoms with Crippen molar-refractivity contribution in [3.8, 4) is 5.75 Å². The SMILES string of the molecule is CCOC(=O)N1CCC2(CC1)Oc1ccccc1[C@@H]1CC(c3ccccc3)=NN12. The highest BCUT2D eigenvalue weighted by molar-refractivity contribution is 6.01. The second kappa shape index (κ2) is 7.10. The molecule has 2 aromatic carbocycles. The Morgan fingerprint density at radius 2 is 1.86 bits per heavy atom. The van der Waals surface area contributed by atoms with Crippen molar-refractivity contribution in [1.29, 1.82) is 0 Å². The molecule has 1 spiro atoms. The minimum atomic E-state index is -0.529. The largest absolute Gasteiger partial charge is 0.466 e. The molecule has 6 heteroatoms. The normalized spacial score (nSPS) is 21.8. The van der Waals surface area contributed by atoms with Crippen LogP contribution in [0.4, 0.5) is 4.79 Å². The summed E-state index contributed by atoms with van der Waals surface area (Å²) >= 11 is 0. The highest BCUT2D eigenvalue weighted by Gasteiger charge is 2.52. The van der Waals surface area contributed by atoms with E-state index in [0.29, 0.717) is 32.5 Å². The number of fused-ring (bicyclic) bond motifs is 4. The van der Waals surface area contributed by atoms with Crippen LogP contribution in [0, 0.1) is 0 Å². The van der Waals surface area contributed by atoms with Gasteiger partial charge in [-0.05, 0) is 18.6 Å². The van der Waals surface area contributed by atoms with Crippen molar-refractivity contribution in [2.45, 2.75) is 38.0 Å². The van der Waals surface area contributed by atoms with Gasteiger partial charge in [-0.2, -0.15) is 5.10 Å². The number of piperidine rings is 1. The van der Waals surface area contributed by atoms with Crippen molar-refractivity contribution in [3.05, 3.63) is 65.7 Å². The molecule has 0 aliphatic carbocycles. The molecule has 0 unspecified atom stereocenters. The summed E-state index contributed by atoms with van der Waals surface area (Å²) in [6.45, 7) is 3.42. The molecule has 3 aliphatic rings. The lowest BCUT2D eigenvalue weighted by Crippen LogP contribution is -2.59. The van der Waals surface area contributed by atoms with Gasteiger partial charge in [-0.1, -0.05) is 48.5 Å². The van der Waals surface area contributed by atoms with E-state index in [1.807, 2.05) is 37.3 Å². The van der Waals surface area contributed by atoms with Gasteiger partial charge in [0.05, 0.1) is 18.4 Å². The molecule has 29 heavy (non-hydrogen) atoms. The van der Waals surface area contributed by atoms with Crippen molar-refractivity contribution in [1.82, 2.24) is 9.91 Å². The van der Waals surface area contributed by atoms with Crippen LogP contribution < -0.4 is 4.74 Å². The average molecular weight is 391 g/mol. The van der Waals surface area contributed by atoms with Gasteiger partial charge in [-0.15, -0.1) is 0 Å². The number of hydrogen-bond acceptors (Lipinski definition) is 5. The predicted molar refractivity (Wildman–Crippen MR) is 110 cm³/mol. The van der Waals surface area contributed by atoms with Gasteiger partial charge in [0.15, 0.2) is 0 Å². The van der Waals surface area contributed by atoms with E-state index in [9.17, 15) is 4.79 Å². The van der Waals surface area contributed by atoms with E-state index in [1.165, 1.54) is 5.56 Å². The van der Waals surface area contributed by atoms with Gasteiger partial charge < -0.3 is 14.4 Å². The number of ether oxygens (including phenoxy) is 2. The zero-order valence-corrected chi connectivity index (χ0v) is 16.6. The molecular weight excluding hydrogens is 366 g/mol. The molecule has 150 valence electrons. The van der Waals surface area contributed by atoms with Crippen molar-refractivity contribution in [2.75, 3.05) is 19.7 Å². The molecule has 0 bridgehead atoms. The first-order valence-electron chi connectivity index (χ1n) is 10.3. The number of carbonyl (C=O) groups is 1. The summed E-state index contributed by atoms with van der Waals surface area (Å²) in [4.78, 5) is 13.9. The van der Waals surface area contributed by atoms with Gasteiger partial charge in [0.2, 0.25) is 5.72 Å². The summed E-state index contributed by atoms with van der Waals surface area (Å²) in [5, 5.41) is 7.22. The first kappa shape index (κ1) is 18.0. The lowest BCUT2D eigenvalue weighted by molar-refractivity contribution is -0.147. The van der Waals surface area contributed by atoms with Crippen LogP contribution in [0.3, 0.4) is 0 Å². The summed E-state index contributed by atoms with van der Waals surface area (Å²) in [5.74, 6) is 0.933. The Bertz CT molecular complexity index is 935. The third-order valence-corrected chi connectivity index (χ3v) is 6.08. The van der Waals surface area contributed by atoms with Gasteiger partial charge in [0.25, 0.3) is 0 Å². The zero-order chi connectivity index (χ0) is 19.8. The third kappa shape index (κ3) is 3.03. The number of hydrogen-bond donors (Lipinski definition) is 0. The minimum Gasteiger partial charge on any atom is -0.466 e.